The van der Waals surface area contributed by atoms with Crippen LogP contribution >= 0.6 is 0 Å². The van der Waals surface area contributed by atoms with Crippen molar-refractivity contribution in [1.29, 1.82) is 0 Å². The molecular formula is C18H16O5. The first kappa shape index (κ1) is 15.0. The van der Waals surface area contributed by atoms with Gasteiger partial charge >= 0.3 is 0 Å². The fourth-order valence-corrected chi connectivity index (χ4v) is 2.39. The highest BCUT2D eigenvalue weighted by molar-refractivity contribution is 5.86. The van der Waals surface area contributed by atoms with Crippen LogP contribution in [0.3, 0.4) is 0 Å². The van der Waals surface area contributed by atoms with Crippen LogP contribution in [0.1, 0.15) is 6.92 Å². The van der Waals surface area contributed by atoms with E-state index in [0.29, 0.717) is 23.9 Å². The van der Waals surface area contributed by atoms with Gasteiger partial charge < -0.3 is 19.0 Å². The van der Waals surface area contributed by atoms with Gasteiger partial charge in [-0.25, -0.2) is 0 Å². The summed E-state index contributed by atoms with van der Waals surface area (Å²) in [6.45, 7) is 2.29. The molecule has 0 saturated heterocycles. The van der Waals surface area contributed by atoms with E-state index in [9.17, 15) is 9.90 Å². The summed E-state index contributed by atoms with van der Waals surface area (Å²) < 4.78 is 16.3. The number of rotatable bonds is 4. The third-order valence-electron chi connectivity index (χ3n) is 3.47. The maximum absolute atomic E-state index is 12.3. The van der Waals surface area contributed by atoms with Crippen LogP contribution in [0.2, 0.25) is 0 Å². The van der Waals surface area contributed by atoms with Gasteiger partial charge in [0.15, 0.2) is 5.43 Å². The van der Waals surface area contributed by atoms with Crippen molar-refractivity contribution in [2.45, 2.75) is 6.92 Å². The van der Waals surface area contributed by atoms with Crippen molar-refractivity contribution in [1.82, 2.24) is 0 Å². The molecule has 0 aliphatic carbocycles. The van der Waals surface area contributed by atoms with Gasteiger partial charge in [0.1, 0.15) is 34.0 Å². The minimum atomic E-state index is -0.308. The largest absolute Gasteiger partial charge is 0.507 e. The zero-order valence-electron chi connectivity index (χ0n) is 12.8. The molecule has 0 atom stereocenters. The van der Waals surface area contributed by atoms with Gasteiger partial charge in [-0.1, -0.05) is 0 Å². The number of hydrogen-bond donors (Lipinski definition) is 1. The first-order valence-electron chi connectivity index (χ1n) is 7.20. The van der Waals surface area contributed by atoms with Crippen molar-refractivity contribution in [3.63, 3.8) is 0 Å². The predicted octanol–water partition coefficient (Wildman–Crippen LogP) is 3.57. The molecule has 5 nitrogen and oxygen atoms in total. The van der Waals surface area contributed by atoms with E-state index in [1.165, 1.54) is 12.1 Å². The number of ether oxygens (including phenoxy) is 2. The highest BCUT2D eigenvalue weighted by Gasteiger charge is 2.12. The number of phenolic OH excluding ortho intramolecular Hbond substituents is 1. The normalized spacial score (nSPS) is 10.7. The third-order valence-corrected chi connectivity index (χ3v) is 3.47. The molecule has 1 N–H and O–H groups in total. The molecule has 3 rings (SSSR count). The zero-order chi connectivity index (χ0) is 16.4. The number of hydrogen-bond acceptors (Lipinski definition) is 5. The van der Waals surface area contributed by atoms with Crippen LogP contribution in [0.25, 0.3) is 22.3 Å². The summed E-state index contributed by atoms with van der Waals surface area (Å²) in [6.07, 6.45) is 0. The fourth-order valence-electron chi connectivity index (χ4n) is 2.39. The number of phenols is 1. The Kier molecular flexibility index (Phi) is 3.93. The van der Waals surface area contributed by atoms with Crippen LogP contribution in [0.5, 0.6) is 17.2 Å². The smallest absolute Gasteiger partial charge is 0.197 e. The zero-order valence-corrected chi connectivity index (χ0v) is 12.8. The molecule has 0 unspecified atom stereocenters. The summed E-state index contributed by atoms with van der Waals surface area (Å²) >= 11 is 0. The van der Waals surface area contributed by atoms with Crippen LogP contribution in [0.4, 0.5) is 0 Å². The van der Waals surface area contributed by atoms with Crippen molar-refractivity contribution < 1.29 is 19.0 Å². The second kappa shape index (κ2) is 6.04. The molecule has 0 aliphatic heterocycles. The molecule has 1 heterocycles. The van der Waals surface area contributed by atoms with Gasteiger partial charge in [0.2, 0.25) is 0 Å². The summed E-state index contributed by atoms with van der Waals surface area (Å²) in [5.41, 5.74) is 0.718. The van der Waals surface area contributed by atoms with Crippen LogP contribution < -0.4 is 14.9 Å². The lowest BCUT2D eigenvalue weighted by molar-refractivity contribution is 0.338. The lowest BCUT2D eigenvalue weighted by Crippen LogP contribution is -2.01. The standard InChI is InChI=1S/C18H16O5/c1-3-22-13-8-14(19)18-15(20)10-16(23-17(18)9-13)11-4-6-12(21-2)7-5-11/h4-10,19H,3H2,1-2H3. The lowest BCUT2D eigenvalue weighted by atomic mass is 10.1. The summed E-state index contributed by atoms with van der Waals surface area (Å²) in [5, 5.41) is 10.2. The minimum Gasteiger partial charge on any atom is -0.507 e. The number of aromatic hydroxyl groups is 1. The molecule has 3 aromatic rings. The Hall–Kier alpha value is -2.95. The molecule has 0 saturated carbocycles. The van der Waals surface area contributed by atoms with E-state index in [4.69, 9.17) is 13.9 Å². The maximum atomic E-state index is 12.3. The SMILES string of the molecule is CCOc1cc(O)c2c(=O)cc(-c3ccc(OC)cc3)oc2c1. The Labute approximate surface area is 132 Å². The Morgan fingerprint density at radius 2 is 1.83 bits per heavy atom. The molecule has 0 amide bonds. The van der Waals surface area contributed by atoms with Gasteiger partial charge in [-0.05, 0) is 31.2 Å². The Morgan fingerprint density at radius 1 is 1.09 bits per heavy atom. The van der Waals surface area contributed by atoms with E-state index in [-0.39, 0.29) is 22.1 Å². The molecule has 0 fully saturated rings. The van der Waals surface area contributed by atoms with Gasteiger partial charge in [0.25, 0.3) is 0 Å². The van der Waals surface area contributed by atoms with Crippen molar-refractivity contribution in [3.8, 4) is 28.6 Å². The van der Waals surface area contributed by atoms with Crippen molar-refractivity contribution >= 4 is 11.0 Å². The van der Waals surface area contributed by atoms with E-state index in [2.05, 4.69) is 0 Å². The summed E-state index contributed by atoms with van der Waals surface area (Å²) in [6, 6.07) is 11.6. The van der Waals surface area contributed by atoms with E-state index in [0.717, 1.165) is 5.56 Å². The second-order valence-corrected chi connectivity index (χ2v) is 4.95. The van der Waals surface area contributed by atoms with E-state index in [1.807, 2.05) is 6.92 Å². The number of benzene rings is 2. The topological polar surface area (TPSA) is 68.9 Å². The monoisotopic (exact) mass is 312 g/mol. The number of fused-ring (bicyclic) bond motifs is 1. The molecule has 2 aromatic carbocycles. The van der Waals surface area contributed by atoms with Gasteiger partial charge in [-0.2, -0.15) is 0 Å². The average molecular weight is 312 g/mol. The molecule has 0 spiro atoms. The summed E-state index contributed by atoms with van der Waals surface area (Å²) in [5.74, 6) is 1.43. The van der Waals surface area contributed by atoms with Gasteiger partial charge in [0.05, 0.1) is 13.7 Å². The molecule has 0 aliphatic rings. The molecule has 0 radical (unpaired) electrons. The van der Waals surface area contributed by atoms with Crippen LogP contribution in [0, 0.1) is 0 Å². The highest BCUT2D eigenvalue weighted by Crippen LogP contribution is 2.31. The molecular weight excluding hydrogens is 296 g/mol. The molecule has 23 heavy (non-hydrogen) atoms. The predicted molar refractivity (Wildman–Crippen MR) is 87.3 cm³/mol. The Balaban J connectivity index is 2.16. The van der Waals surface area contributed by atoms with Crippen molar-refractivity contribution in [2.24, 2.45) is 0 Å². The molecule has 1 aromatic heterocycles. The second-order valence-electron chi connectivity index (χ2n) is 4.95. The van der Waals surface area contributed by atoms with Gasteiger partial charge in [0, 0.05) is 23.8 Å². The van der Waals surface area contributed by atoms with Crippen molar-refractivity contribution in [3.05, 3.63) is 52.7 Å². The Morgan fingerprint density at radius 3 is 2.48 bits per heavy atom. The maximum Gasteiger partial charge on any atom is 0.197 e. The van der Waals surface area contributed by atoms with Crippen LogP contribution in [-0.4, -0.2) is 18.8 Å². The van der Waals surface area contributed by atoms with Crippen molar-refractivity contribution in [2.75, 3.05) is 13.7 Å². The fraction of sp³-hybridized carbons (Fsp3) is 0.167. The molecule has 0 bridgehead atoms. The van der Waals surface area contributed by atoms with E-state index < -0.39 is 0 Å². The van der Waals surface area contributed by atoms with Crippen LogP contribution in [-0.2, 0) is 0 Å². The first-order chi connectivity index (χ1) is 11.1. The lowest BCUT2D eigenvalue weighted by Gasteiger charge is -2.08. The van der Waals surface area contributed by atoms with Gasteiger partial charge in [-0.15, -0.1) is 0 Å². The molecule has 5 heteroatoms. The summed E-state index contributed by atoms with van der Waals surface area (Å²) in [4.78, 5) is 12.3. The quantitative estimate of drug-likeness (QED) is 0.797. The third kappa shape index (κ3) is 2.85. The van der Waals surface area contributed by atoms with Gasteiger partial charge in [-0.3, -0.25) is 4.79 Å². The number of methoxy groups -OCH3 is 1. The van der Waals surface area contributed by atoms with E-state index >= 15 is 0 Å². The summed E-state index contributed by atoms with van der Waals surface area (Å²) in [7, 11) is 1.59. The van der Waals surface area contributed by atoms with E-state index in [1.54, 1.807) is 37.4 Å². The molecule has 118 valence electrons. The minimum absolute atomic E-state index is 0.144. The van der Waals surface area contributed by atoms with Crippen LogP contribution in [0.15, 0.2) is 51.7 Å². The Bertz CT molecular complexity index is 894. The highest BCUT2D eigenvalue weighted by atomic mass is 16.5. The average Bonchev–Trinajstić information content (AvgIpc) is 2.54. The first-order valence-corrected chi connectivity index (χ1v) is 7.20.